The zero-order valence-electron chi connectivity index (χ0n) is 33.3. The average Bonchev–Trinajstić information content (AvgIpc) is 3.50. The van der Waals surface area contributed by atoms with Crippen LogP contribution in [0.5, 0.6) is 0 Å². The summed E-state index contributed by atoms with van der Waals surface area (Å²) < 4.78 is 0. The minimum atomic E-state index is -1.21. The van der Waals surface area contributed by atoms with Crippen molar-refractivity contribution in [1.29, 1.82) is 0 Å². The van der Waals surface area contributed by atoms with E-state index in [1.807, 2.05) is 54.5 Å². The van der Waals surface area contributed by atoms with Crippen LogP contribution in [0.25, 0.3) is 0 Å². The lowest BCUT2D eigenvalue weighted by molar-refractivity contribution is -0.153. The quantitative estimate of drug-likeness (QED) is 0.0854. The van der Waals surface area contributed by atoms with Gasteiger partial charge >= 0.3 is 6.03 Å². The fraction of sp³-hybridized carbons (Fsp3) is 0.683. The molecule has 54 heavy (non-hydrogen) atoms. The number of amides is 7. The van der Waals surface area contributed by atoms with Crippen molar-refractivity contribution in [1.82, 2.24) is 31.1 Å². The molecule has 2 heterocycles. The standard InChI is InChI=1S/C41H62N6O7/c1-10-12-18-29(35(50)37(52)42-20-11-2)43-36(51)34-28(22-26(3)4)19-21-46(34)38(53)33(27-16-14-13-15-17-27)45-39(54)44-30(40(5,6)7)25-47-31(48)23-41(8,9)24-32(47)49/h1,11,22,27-30,33-34H,2,12-21,23-25H2,3-9H3,(H,42,52)(H,43,51)(H2,44,45,54)/t28?,29?,30-,33+,34+/m1/s1. The zero-order valence-corrected chi connectivity index (χ0v) is 33.3. The molecule has 298 valence electrons. The minimum Gasteiger partial charge on any atom is -0.346 e. The van der Waals surface area contributed by atoms with Gasteiger partial charge in [0.2, 0.25) is 29.4 Å². The molecule has 2 saturated heterocycles. The molecule has 0 spiro atoms. The third-order valence-corrected chi connectivity index (χ3v) is 10.6. The zero-order chi connectivity index (χ0) is 40.4. The summed E-state index contributed by atoms with van der Waals surface area (Å²) in [5.41, 5.74) is -0.0477. The van der Waals surface area contributed by atoms with E-state index in [9.17, 15) is 33.6 Å². The third kappa shape index (κ3) is 12.0. The number of terminal acetylenes is 1. The number of urea groups is 1. The van der Waals surface area contributed by atoms with Crippen LogP contribution in [0.4, 0.5) is 4.79 Å². The summed E-state index contributed by atoms with van der Waals surface area (Å²) in [6, 6.07) is -4.41. The van der Waals surface area contributed by atoms with Crippen LogP contribution in [-0.4, -0.2) is 95.0 Å². The lowest BCUT2D eigenvalue weighted by Gasteiger charge is -2.40. The summed E-state index contributed by atoms with van der Waals surface area (Å²) in [6.07, 6.45) is 14.1. The number of allylic oxidation sites excluding steroid dienone is 1. The molecule has 1 aliphatic carbocycles. The molecule has 2 aliphatic heterocycles. The Morgan fingerprint density at radius 1 is 0.981 bits per heavy atom. The number of hydrogen-bond acceptors (Lipinski definition) is 7. The van der Waals surface area contributed by atoms with Crippen LogP contribution < -0.4 is 21.3 Å². The van der Waals surface area contributed by atoms with Crippen LogP contribution in [0.3, 0.4) is 0 Å². The van der Waals surface area contributed by atoms with Crippen LogP contribution in [0.15, 0.2) is 24.3 Å². The molecule has 13 heteroatoms. The molecule has 3 aliphatic rings. The Bertz CT molecular complexity index is 1490. The largest absolute Gasteiger partial charge is 0.346 e. The highest BCUT2D eigenvalue weighted by atomic mass is 16.2. The SMILES string of the molecule is C#CCCC(NC(=O)[C@@H]1C(C=C(C)C)CCN1C(=O)[C@@H](NC(=O)N[C@H](CN1C(=O)CC(C)(C)CC1=O)C(C)(C)C)C1CCCCC1)C(=O)C(=O)NCC=C. The molecule has 0 aromatic heterocycles. The number of nitrogens with zero attached hydrogens (tertiary/aromatic N) is 2. The molecule has 2 unspecified atom stereocenters. The predicted molar refractivity (Wildman–Crippen MR) is 206 cm³/mol. The molecule has 3 rings (SSSR count). The van der Waals surface area contributed by atoms with E-state index in [2.05, 4.69) is 33.8 Å². The Labute approximate surface area is 321 Å². The van der Waals surface area contributed by atoms with E-state index in [0.29, 0.717) is 19.3 Å². The van der Waals surface area contributed by atoms with E-state index in [0.717, 1.165) is 24.8 Å². The summed E-state index contributed by atoms with van der Waals surface area (Å²) in [7, 11) is 0. The Balaban J connectivity index is 1.90. The molecule has 0 aromatic carbocycles. The molecule has 13 nitrogen and oxygen atoms in total. The normalized spacial score (nSPS) is 21.9. The molecule has 0 bridgehead atoms. The fourth-order valence-electron chi connectivity index (χ4n) is 7.67. The van der Waals surface area contributed by atoms with Crippen LogP contribution in [0.1, 0.15) is 113 Å². The highest BCUT2D eigenvalue weighted by Crippen LogP contribution is 2.34. The fourth-order valence-corrected chi connectivity index (χ4v) is 7.67. The van der Waals surface area contributed by atoms with Crippen LogP contribution in [0.2, 0.25) is 0 Å². The van der Waals surface area contributed by atoms with Crippen molar-refractivity contribution in [2.24, 2.45) is 22.7 Å². The van der Waals surface area contributed by atoms with Gasteiger partial charge < -0.3 is 26.2 Å². The predicted octanol–water partition coefficient (Wildman–Crippen LogP) is 3.78. The Hall–Kier alpha value is -4.47. The van der Waals surface area contributed by atoms with Gasteiger partial charge in [-0.05, 0) is 56.3 Å². The number of nitrogens with one attached hydrogen (secondary N) is 4. The van der Waals surface area contributed by atoms with Gasteiger partial charge in [0.05, 0.1) is 12.1 Å². The van der Waals surface area contributed by atoms with Crippen molar-refractivity contribution in [2.75, 3.05) is 19.6 Å². The van der Waals surface area contributed by atoms with Gasteiger partial charge in [-0.15, -0.1) is 18.9 Å². The topological polar surface area (TPSA) is 174 Å². The first-order valence-electron chi connectivity index (χ1n) is 19.3. The molecule has 3 fully saturated rings. The van der Waals surface area contributed by atoms with Gasteiger partial charge in [-0.1, -0.05) is 71.6 Å². The molecule has 0 aromatic rings. The highest BCUT2D eigenvalue weighted by molar-refractivity contribution is 6.38. The van der Waals surface area contributed by atoms with Crippen molar-refractivity contribution in [3.8, 4) is 12.3 Å². The van der Waals surface area contributed by atoms with E-state index >= 15 is 0 Å². The van der Waals surface area contributed by atoms with Gasteiger partial charge in [-0.2, -0.15) is 0 Å². The van der Waals surface area contributed by atoms with Crippen molar-refractivity contribution in [3.05, 3.63) is 24.3 Å². The first-order chi connectivity index (χ1) is 25.3. The number of rotatable bonds is 15. The number of Topliss-reactive ketones (excluding diaryl/α,β-unsaturated/α-hetero) is 1. The maximum atomic E-state index is 14.7. The second kappa shape index (κ2) is 19.2. The summed E-state index contributed by atoms with van der Waals surface area (Å²) in [5, 5.41) is 11.1. The summed E-state index contributed by atoms with van der Waals surface area (Å²) in [4.78, 5) is 97.3. The molecular formula is C41H62N6O7. The Morgan fingerprint density at radius 3 is 2.17 bits per heavy atom. The number of likely N-dealkylation sites (tertiary alicyclic amines) is 2. The maximum absolute atomic E-state index is 14.7. The first-order valence-corrected chi connectivity index (χ1v) is 19.3. The summed E-state index contributed by atoms with van der Waals surface area (Å²) in [5.74, 6) is -1.41. The summed E-state index contributed by atoms with van der Waals surface area (Å²) in [6.45, 7) is 17.1. The molecule has 1 saturated carbocycles. The molecule has 0 radical (unpaired) electrons. The smallest absolute Gasteiger partial charge is 0.315 e. The van der Waals surface area contributed by atoms with Crippen molar-refractivity contribution >= 4 is 41.4 Å². The van der Waals surface area contributed by atoms with E-state index in [-0.39, 0.29) is 69.0 Å². The molecule has 4 N–H and O–H groups in total. The Morgan fingerprint density at radius 2 is 1.61 bits per heavy atom. The van der Waals surface area contributed by atoms with Gasteiger partial charge in [0.15, 0.2) is 0 Å². The van der Waals surface area contributed by atoms with E-state index in [1.54, 1.807) is 0 Å². The highest BCUT2D eigenvalue weighted by Gasteiger charge is 2.46. The third-order valence-electron chi connectivity index (χ3n) is 10.6. The Kier molecular flexibility index (Phi) is 15.6. The number of carbonyl (C=O) groups is 7. The number of hydrogen-bond donors (Lipinski definition) is 4. The number of piperidine rings is 1. The lowest BCUT2D eigenvalue weighted by Crippen LogP contribution is -2.62. The van der Waals surface area contributed by atoms with Crippen molar-refractivity contribution in [2.45, 2.75) is 137 Å². The van der Waals surface area contributed by atoms with Crippen molar-refractivity contribution in [3.63, 3.8) is 0 Å². The molecule has 7 amide bonds. The molecule has 5 atom stereocenters. The van der Waals surface area contributed by atoms with Crippen molar-refractivity contribution < 1.29 is 33.6 Å². The van der Waals surface area contributed by atoms with E-state index in [1.165, 1.54) is 15.9 Å². The minimum absolute atomic E-state index is 0.00334. The van der Waals surface area contributed by atoms with E-state index < -0.39 is 64.5 Å². The number of imide groups is 1. The maximum Gasteiger partial charge on any atom is 0.315 e. The monoisotopic (exact) mass is 750 g/mol. The number of carbonyl (C=O) groups excluding carboxylic acids is 7. The summed E-state index contributed by atoms with van der Waals surface area (Å²) >= 11 is 0. The second-order valence-electron chi connectivity index (χ2n) is 17.2. The van der Waals surface area contributed by atoms with Gasteiger partial charge in [0, 0.05) is 44.8 Å². The van der Waals surface area contributed by atoms with Gasteiger partial charge in [-0.25, -0.2) is 4.79 Å². The lowest BCUT2D eigenvalue weighted by atomic mass is 9.80. The van der Waals surface area contributed by atoms with Gasteiger partial charge in [-0.3, -0.25) is 33.7 Å². The second-order valence-corrected chi connectivity index (χ2v) is 17.2. The van der Waals surface area contributed by atoms with Gasteiger partial charge in [0.1, 0.15) is 12.1 Å². The van der Waals surface area contributed by atoms with Gasteiger partial charge in [0.25, 0.3) is 5.91 Å². The number of ketones is 1. The van der Waals surface area contributed by atoms with Crippen LogP contribution >= 0.6 is 0 Å². The first kappa shape index (κ1) is 43.9. The molecular weight excluding hydrogens is 688 g/mol. The van der Waals surface area contributed by atoms with Crippen LogP contribution in [-0.2, 0) is 28.8 Å². The average molecular weight is 751 g/mol. The van der Waals surface area contributed by atoms with E-state index in [4.69, 9.17) is 6.42 Å². The van der Waals surface area contributed by atoms with Crippen LogP contribution in [0, 0.1) is 35.0 Å².